The Balaban J connectivity index is 1.61. The molecule has 28 heavy (non-hydrogen) atoms. The van der Waals surface area contributed by atoms with E-state index in [1.165, 1.54) is 0 Å². The standard InChI is InChI=1S/C21H20N2O5/c1-23(14-4-6-18-13(10-14)8-9-27-18)21(24)17-12-20(28-22-17)16-11-15(25-2)5-7-19(16)26-3/h4-7,10-12H,8-9H2,1-3H3. The zero-order valence-corrected chi connectivity index (χ0v) is 15.9. The lowest BCUT2D eigenvalue weighted by Crippen LogP contribution is -2.26. The lowest BCUT2D eigenvalue weighted by atomic mass is 10.1. The lowest BCUT2D eigenvalue weighted by molar-refractivity contribution is 0.0984. The van der Waals surface area contributed by atoms with Gasteiger partial charge in [0.2, 0.25) is 0 Å². The summed E-state index contributed by atoms with van der Waals surface area (Å²) in [6.45, 7) is 0.672. The smallest absolute Gasteiger partial charge is 0.280 e. The Labute approximate surface area is 162 Å². The van der Waals surface area contributed by atoms with Crippen molar-refractivity contribution in [1.82, 2.24) is 5.16 Å². The second kappa shape index (κ2) is 7.26. The fourth-order valence-corrected chi connectivity index (χ4v) is 3.18. The molecule has 144 valence electrons. The molecular weight excluding hydrogens is 360 g/mol. The van der Waals surface area contributed by atoms with Crippen LogP contribution in [0.15, 0.2) is 47.0 Å². The summed E-state index contributed by atoms with van der Waals surface area (Å²) >= 11 is 0. The molecule has 1 aliphatic rings. The highest BCUT2D eigenvalue weighted by molar-refractivity contribution is 6.05. The van der Waals surface area contributed by atoms with Gasteiger partial charge in [-0.05, 0) is 42.0 Å². The minimum absolute atomic E-state index is 0.208. The summed E-state index contributed by atoms with van der Waals surface area (Å²) in [5, 5.41) is 3.96. The molecule has 0 N–H and O–H groups in total. The number of amides is 1. The van der Waals surface area contributed by atoms with E-state index in [9.17, 15) is 4.79 Å². The maximum atomic E-state index is 12.9. The first-order valence-electron chi connectivity index (χ1n) is 8.83. The van der Waals surface area contributed by atoms with Crippen LogP contribution in [0.25, 0.3) is 11.3 Å². The summed E-state index contributed by atoms with van der Waals surface area (Å²) in [5.41, 5.74) is 2.74. The largest absolute Gasteiger partial charge is 0.497 e. The number of anilines is 1. The van der Waals surface area contributed by atoms with Crippen LogP contribution < -0.4 is 19.1 Å². The highest BCUT2D eigenvalue weighted by atomic mass is 16.5. The molecule has 1 aromatic heterocycles. The number of aromatic nitrogens is 1. The van der Waals surface area contributed by atoms with Crippen LogP contribution >= 0.6 is 0 Å². The predicted octanol–water partition coefficient (Wildman–Crippen LogP) is 3.57. The van der Waals surface area contributed by atoms with Gasteiger partial charge in [0, 0.05) is 25.2 Å². The molecule has 0 saturated carbocycles. The topological polar surface area (TPSA) is 74.0 Å². The first-order valence-corrected chi connectivity index (χ1v) is 8.83. The first-order chi connectivity index (χ1) is 13.6. The van der Waals surface area contributed by atoms with Gasteiger partial charge in [-0.3, -0.25) is 4.79 Å². The van der Waals surface area contributed by atoms with Gasteiger partial charge in [-0.15, -0.1) is 0 Å². The summed E-state index contributed by atoms with van der Waals surface area (Å²) in [7, 11) is 4.86. The van der Waals surface area contributed by atoms with Gasteiger partial charge >= 0.3 is 0 Å². The van der Waals surface area contributed by atoms with E-state index in [0.29, 0.717) is 29.4 Å². The van der Waals surface area contributed by atoms with E-state index in [-0.39, 0.29) is 11.6 Å². The van der Waals surface area contributed by atoms with Gasteiger partial charge in [0.15, 0.2) is 11.5 Å². The molecule has 2 aromatic carbocycles. The van der Waals surface area contributed by atoms with Gasteiger partial charge in [-0.25, -0.2) is 0 Å². The second-order valence-corrected chi connectivity index (χ2v) is 6.40. The van der Waals surface area contributed by atoms with Crippen LogP contribution in [0.3, 0.4) is 0 Å². The van der Waals surface area contributed by atoms with E-state index < -0.39 is 0 Å². The Bertz CT molecular complexity index is 1030. The van der Waals surface area contributed by atoms with Gasteiger partial charge in [-0.2, -0.15) is 0 Å². The van der Waals surface area contributed by atoms with Crippen LogP contribution in [0.4, 0.5) is 5.69 Å². The van der Waals surface area contributed by atoms with Crippen molar-refractivity contribution in [2.24, 2.45) is 0 Å². The van der Waals surface area contributed by atoms with Gasteiger partial charge in [0.05, 0.1) is 26.4 Å². The summed E-state index contributed by atoms with van der Waals surface area (Å²) in [6.07, 6.45) is 0.842. The highest BCUT2D eigenvalue weighted by Gasteiger charge is 2.22. The Morgan fingerprint density at radius 1 is 1.11 bits per heavy atom. The average molecular weight is 380 g/mol. The van der Waals surface area contributed by atoms with Crippen LogP contribution in [0, 0.1) is 0 Å². The number of nitrogens with zero attached hydrogens (tertiary/aromatic N) is 2. The van der Waals surface area contributed by atoms with Crippen LogP contribution in [0.1, 0.15) is 16.1 Å². The van der Waals surface area contributed by atoms with Gasteiger partial charge in [0.25, 0.3) is 5.91 Å². The van der Waals surface area contributed by atoms with Crippen molar-refractivity contribution >= 4 is 11.6 Å². The summed E-state index contributed by atoms with van der Waals surface area (Å²) in [5.74, 6) is 2.28. The number of fused-ring (bicyclic) bond motifs is 1. The molecule has 0 atom stereocenters. The molecule has 7 nitrogen and oxygen atoms in total. The first kappa shape index (κ1) is 17.9. The summed E-state index contributed by atoms with van der Waals surface area (Å²) < 4.78 is 21.6. The number of ether oxygens (including phenoxy) is 3. The van der Waals surface area contributed by atoms with Crippen molar-refractivity contribution in [3.8, 4) is 28.6 Å². The maximum absolute atomic E-state index is 12.9. The molecule has 0 bridgehead atoms. The molecule has 4 rings (SSSR count). The third-order valence-corrected chi connectivity index (χ3v) is 4.77. The number of benzene rings is 2. The average Bonchev–Trinajstić information content (AvgIpc) is 3.41. The van der Waals surface area contributed by atoms with E-state index in [1.807, 2.05) is 18.2 Å². The van der Waals surface area contributed by atoms with Gasteiger partial charge < -0.3 is 23.6 Å². The molecule has 0 spiro atoms. The van der Waals surface area contributed by atoms with Crippen molar-refractivity contribution in [2.75, 3.05) is 32.8 Å². The number of methoxy groups -OCH3 is 2. The zero-order chi connectivity index (χ0) is 19.7. The molecule has 0 fully saturated rings. The SMILES string of the molecule is COc1ccc(OC)c(-c2cc(C(=O)N(C)c3ccc4c(c3)CCO4)no2)c1. The van der Waals surface area contributed by atoms with Gasteiger partial charge in [-0.1, -0.05) is 5.16 Å². The van der Waals surface area contributed by atoms with E-state index in [2.05, 4.69) is 5.16 Å². The molecule has 2 heterocycles. The Morgan fingerprint density at radius 2 is 1.96 bits per heavy atom. The van der Waals surface area contributed by atoms with Crippen LogP contribution in [0.2, 0.25) is 0 Å². The number of rotatable bonds is 5. The van der Waals surface area contributed by atoms with Crippen LogP contribution in [0.5, 0.6) is 17.2 Å². The van der Waals surface area contributed by atoms with Gasteiger partial charge in [0.1, 0.15) is 17.2 Å². The Kier molecular flexibility index (Phi) is 4.65. The Morgan fingerprint density at radius 3 is 2.75 bits per heavy atom. The van der Waals surface area contributed by atoms with E-state index in [4.69, 9.17) is 18.7 Å². The molecule has 1 aliphatic heterocycles. The maximum Gasteiger partial charge on any atom is 0.280 e. The second-order valence-electron chi connectivity index (χ2n) is 6.40. The molecule has 7 heteroatoms. The minimum Gasteiger partial charge on any atom is -0.497 e. The van der Waals surface area contributed by atoms with Crippen LogP contribution in [-0.2, 0) is 6.42 Å². The fourth-order valence-electron chi connectivity index (χ4n) is 3.18. The number of carbonyl (C=O) groups is 1. The molecule has 3 aromatic rings. The lowest BCUT2D eigenvalue weighted by Gasteiger charge is -2.16. The molecule has 0 saturated heterocycles. The van der Waals surface area contributed by atoms with Crippen LogP contribution in [-0.4, -0.2) is 38.9 Å². The third kappa shape index (κ3) is 3.15. The highest BCUT2D eigenvalue weighted by Crippen LogP contribution is 2.34. The molecule has 0 unspecified atom stereocenters. The van der Waals surface area contributed by atoms with Crippen molar-refractivity contribution in [3.05, 3.63) is 53.7 Å². The third-order valence-electron chi connectivity index (χ3n) is 4.77. The zero-order valence-electron chi connectivity index (χ0n) is 15.9. The normalized spacial score (nSPS) is 12.2. The number of carbonyl (C=O) groups excluding carboxylic acids is 1. The van der Waals surface area contributed by atoms with Crippen molar-refractivity contribution in [1.29, 1.82) is 0 Å². The molecular formula is C21H20N2O5. The Hall–Kier alpha value is -3.48. The number of hydrogen-bond acceptors (Lipinski definition) is 6. The molecule has 0 aliphatic carbocycles. The van der Waals surface area contributed by atoms with E-state index in [0.717, 1.165) is 23.4 Å². The summed E-state index contributed by atoms with van der Waals surface area (Å²) in [4.78, 5) is 14.4. The molecule has 1 amide bonds. The minimum atomic E-state index is -0.268. The molecule has 0 radical (unpaired) electrons. The van der Waals surface area contributed by atoms with E-state index in [1.54, 1.807) is 50.4 Å². The fraction of sp³-hybridized carbons (Fsp3) is 0.238. The number of hydrogen-bond donors (Lipinski definition) is 0. The van der Waals surface area contributed by atoms with Crippen molar-refractivity contribution in [2.45, 2.75) is 6.42 Å². The predicted molar refractivity (Wildman–Crippen MR) is 103 cm³/mol. The van der Waals surface area contributed by atoms with E-state index >= 15 is 0 Å². The monoisotopic (exact) mass is 380 g/mol. The quantitative estimate of drug-likeness (QED) is 0.674. The van der Waals surface area contributed by atoms with Crippen molar-refractivity contribution < 1.29 is 23.5 Å². The van der Waals surface area contributed by atoms with Crippen molar-refractivity contribution in [3.63, 3.8) is 0 Å². The summed E-state index contributed by atoms with van der Waals surface area (Å²) in [6, 6.07) is 12.6.